The first-order valence-corrected chi connectivity index (χ1v) is 8.64. The summed E-state index contributed by atoms with van der Waals surface area (Å²) in [7, 11) is 1.53. The van der Waals surface area contributed by atoms with E-state index in [-0.39, 0.29) is 11.8 Å². The van der Waals surface area contributed by atoms with E-state index in [1.165, 1.54) is 13.2 Å². The molecule has 0 aromatic heterocycles. The predicted octanol–water partition coefficient (Wildman–Crippen LogP) is 3.77. The number of hydrogen-bond donors (Lipinski definition) is 0. The summed E-state index contributed by atoms with van der Waals surface area (Å²) in [6.07, 6.45) is 1.89. The van der Waals surface area contributed by atoms with Crippen LogP contribution in [0.3, 0.4) is 0 Å². The van der Waals surface area contributed by atoms with E-state index < -0.39 is 11.6 Å². The summed E-state index contributed by atoms with van der Waals surface area (Å²) in [5.74, 6) is -0.391. The van der Waals surface area contributed by atoms with Gasteiger partial charge < -0.3 is 14.4 Å². The maximum atomic E-state index is 13.6. The average Bonchev–Trinajstić information content (AvgIpc) is 3.48. The molecule has 1 amide bonds. The number of amides is 1. The molecule has 0 bridgehead atoms. The van der Waals surface area contributed by atoms with Crippen molar-refractivity contribution in [2.75, 3.05) is 20.3 Å². The Morgan fingerprint density at radius 3 is 2.65 bits per heavy atom. The molecule has 2 aromatic rings. The Morgan fingerprint density at radius 1 is 1.15 bits per heavy atom. The molecule has 1 aliphatic heterocycles. The second-order valence-corrected chi connectivity index (χ2v) is 6.68. The average molecular weight is 359 g/mol. The van der Waals surface area contributed by atoms with Crippen molar-refractivity contribution in [1.29, 1.82) is 0 Å². The van der Waals surface area contributed by atoms with Crippen molar-refractivity contribution in [3.05, 3.63) is 47.5 Å². The molecule has 4 rings (SSSR count). The second-order valence-electron chi connectivity index (χ2n) is 6.68. The minimum Gasteiger partial charge on any atom is -0.493 e. The van der Waals surface area contributed by atoms with Gasteiger partial charge in [-0.2, -0.15) is 0 Å². The monoisotopic (exact) mass is 359 g/mol. The number of halogens is 2. The van der Waals surface area contributed by atoms with Gasteiger partial charge in [-0.05, 0) is 48.2 Å². The van der Waals surface area contributed by atoms with Gasteiger partial charge in [-0.25, -0.2) is 8.78 Å². The molecular formula is C20H19F2NO3. The number of benzene rings is 2. The number of ether oxygens (including phenoxy) is 2. The van der Waals surface area contributed by atoms with Gasteiger partial charge in [-0.1, -0.05) is 6.07 Å². The number of fused-ring (bicyclic) bond motifs is 1. The first-order chi connectivity index (χ1) is 12.6. The summed E-state index contributed by atoms with van der Waals surface area (Å²) in [5, 5.41) is 0. The molecule has 1 saturated carbocycles. The van der Waals surface area contributed by atoms with Gasteiger partial charge in [0.1, 0.15) is 6.61 Å². The number of carbonyl (C=O) groups is 1. The van der Waals surface area contributed by atoms with Crippen LogP contribution >= 0.6 is 0 Å². The van der Waals surface area contributed by atoms with E-state index in [0.29, 0.717) is 42.3 Å². The number of rotatable bonds is 3. The molecule has 2 aliphatic rings. The third kappa shape index (κ3) is 3.11. The van der Waals surface area contributed by atoms with Crippen molar-refractivity contribution in [1.82, 2.24) is 4.90 Å². The lowest BCUT2D eigenvalue weighted by molar-refractivity contribution is -0.133. The molecule has 0 N–H and O–H groups in total. The number of carbonyl (C=O) groups excluding carboxylic acids is 1. The molecule has 0 atom stereocenters. The fraction of sp³-hybridized carbons (Fsp3) is 0.350. The molecule has 0 unspecified atom stereocenters. The highest BCUT2D eigenvalue weighted by Gasteiger charge is 2.34. The molecule has 26 heavy (non-hydrogen) atoms. The predicted molar refractivity (Wildman–Crippen MR) is 92.0 cm³/mol. The Kier molecular flexibility index (Phi) is 4.26. The molecule has 2 aromatic carbocycles. The fourth-order valence-electron chi connectivity index (χ4n) is 3.25. The SMILES string of the molecule is COc1cc(-c2ccc(F)c(F)c2)cc2c1OCCN(C(=O)C1CC1)C2. The topological polar surface area (TPSA) is 38.8 Å². The largest absolute Gasteiger partial charge is 0.493 e. The van der Waals surface area contributed by atoms with E-state index in [4.69, 9.17) is 9.47 Å². The molecule has 4 nitrogen and oxygen atoms in total. The first kappa shape index (κ1) is 16.8. The highest BCUT2D eigenvalue weighted by Crippen LogP contribution is 2.39. The zero-order valence-corrected chi connectivity index (χ0v) is 14.4. The summed E-state index contributed by atoms with van der Waals surface area (Å²) in [4.78, 5) is 14.3. The van der Waals surface area contributed by atoms with Crippen LogP contribution in [0.1, 0.15) is 18.4 Å². The summed E-state index contributed by atoms with van der Waals surface area (Å²) >= 11 is 0. The van der Waals surface area contributed by atoms with Gasteiger partial charge in [0.05, 0.1) is 13.7 Å². The van der Waals surface area contributed by atoms with E-state index in [0.717, 1.165) is 30.5 Å². The zero-order chi connectivity index (χ0) is 18.3. The van der Waals surface area contributed by atoms with Crippen LogP contribution < -0.4 is 9.47 Å². The Hall–Kier alpha value is -2.63. The van der Waals surface area contributed by atoms with Gasteiger partial charge in [0.25, 0.3) is 0 Å². The van der Waals surface area contributed by atoms with Crippen molar-refractivity contribution >= 4 is 5.91 Å². The van der Waals surface area contributed by atoms with E-state index in [2.05, 4.69) is 0 Å². The third-order valence-electron chi connectivity index (χ3n) is 4.81. The molecule has 1 heterocycles. The normalized spacial score (nSPS) is 16.5. The maximum absolute atomic E-state index is 13.6. The molecule has 1 aliphatic carbocycles. The number of methoxy groups -OCH3 is 1. The smallest absolute Gasteiger partial charge is 0.226 e. The van der Waals surface area contributed by atoms with Crippen molar-refractivity contribution < 1.29 is 23.0 Å². The summed E-state index contributed by atoms with van der Waals surface area (Å²) in [5.41, 5.74) is 2.02. The van der Waals surface area contributed by atoms with E-state index in [1.807, 2.05) is 6.07 Å². The molecule has 0 saturated heterocycles. The van der Waals surface area contributed by atoms with E-state index in [1.54, 1.807) is 11.0 Å². The second kappa shape index (κ2) is 6.59. The molecular weight excluding hydrogens is 340 g/mol. The van der Waals surface area contributed by atoms with Crippen LogP contribution in [0, 0.1) is 17.6 Å². The Morgan fingerprint density at radius 2 is 1.96 bits per heavy atom. The molecule has 136 valence electrons. The lowest BCUT2D eigenvalue weighted by Gasteiger charge is -2.20. The van der Waals surface area contributed by atoms with Crippen molar-refractivity contribution in [2.45, 2.75) is 19.4 Å². The minimum atomic E-state index is -0.904. The first-order valence-electron chi connectivity index (χ1n) is 8.64. The summed E-state index contributed by atoms with van der Waals surface area (Å²) < 4.78 is 38.2. The Labute approximate surface area is 150 Å². The number of nitrogens with zero attached hydrogens (tertiary/aromatic N) is 1. The minimum absolute atomic E-state index is 0.132. The van der Waals surface area contributed by atoms with Crippen LogP contribution in [0.5, 0.6) is 11.5 Å². The van der Waals surface area contributed by atoms with E-state index >= 15 is 0 Å². The standard InChI is InChI=1S/C20H19F2NO3/c1-25-18-10-14(13-4-5-16(21)17(22)9-13)8-15-11-23(6-7-26-19(15)18)20(24)12-2-3-12/h4-5,8-10,12H,2-3,6-7,11H2,1H3. The fourth-order valence-corrected chi connectivity index (χ4v) is 3.25. The van der Waals surface area contributed by atoms with Gasteiger partial charge in [0.15, 0.2) is 23.1 Å². The van der Waals surface area contributed by atoms with Gasteiger partial charge in [0.2, 0.25) is 5.91 Å². The highest BCUT2D eigenvalue weighted by molar-refractivity contribution is 5.81. The van der Waals surface area contributed by atoms with Crippen LogP contribution in [0.4, 0.5) is 8.78 Å². The van der Waals surface area contributed by atoms with Crippen LogP contribution in [-0.2, 0) is 11.3 Å². The summed E-state index contributed by atoms with van der Waals surface area (Å²) in [6, 6.07) is 7.36. The number of hydrogen-bond acceptors (Lipinski definition) is 3. The highest BCUT2D eigenvalue weighted by atomic mass is 19.2. The third-order valence-corrected chi connectivity index (χ3v) is 4.81. The van der Waals surface area contributed by atoms with Crippen LogP contribution in [0.25, 0.3) is 11.1 Å². The Bertz CT molecular complexity index is 864. The molecule has 0 spiro atoms. The van der Waals surface area contributed by atoms with Gasteiger partial charge in [-0.15, -0.1) is 0 Å². The van der Waals surface area contributed by atoms with Gasteiger partial charge in [0, 0.05) is 18.0 Å². The quantitative estimate of drug-likeness (QED) is 0.837. The van der Waals surface area contributed by atoms with Crippen LogP contribution in [0.15, 0.2) is 30.3 Å². The lowest BCUT2D eigenvalue weighted by Crippen LogP contribution is -2.33. The summed E-state index contributed by atoms with van der Waals surface area (Å²) in [6.45, 7) is 1.33. The van der Waals surface area contributed by atoms with Crippen molar-refractivity contribution in [3.8, 4) is 22.6 Å². The van der Waals surface area contributed by atoms with Gasteiger partial charge >= 0.3 is 0 Å². The molecule has 1 fully saturated rings. The maximum Gasteiger partial charge on any atom is 0.226 e. The Balaban J connectivity index is 1.74. The molecule has 6 heteroatoms. The van der Waals surface area contributed by atoms with Crippen molar-refractivity contribution in [2.24, 2.45) is 5.92 Å². The van der Waals surface area contributed by atoms with Gasteiger partial charge in [-0.3, -0.25) is 4.79 Å². The lowest BCUT2D eigenvalue weighted by atomic mass is 10.0. The van der Waals surface area contributed by atoms with Crippen LogP contribution in [0.2, 0.25) is 0 Å². The van der Waals surface area contributed by atoms with Crippen molar-refractivity contribution in [3.63, 3.8) is 0 Å². The zero-order valence-electron chi connectivity index (χ0n) is 14.4. The molecule has 0 radical (unpaired) electrons. The van der Waals surface area contributed by atoms with Crippen LogP contribution in [-0.4, -0.2) is 31.1 Å². The van der Waals surface area contributed by atoms with E-state index in [9.17, 15) is 13.6 Å².